The third kappa shape index (κ3) is 1.99. The van der Waals surface area contributed by atoms with Crippen LogP contribution in [0.4, 0.5) is 0 Å². The van der Waals surface area contributed by atoms with Gasteiger partial charge in [-0.3, -0.25) is 0 Å². The van der Waals surface area contributed by atoms with Gasteiger partial charge < -0.3 is 4.98 Å². The maximum atomic E-state index is 4.54. The van der Waals surface area contributed by atoms with E-state index in [1.165, 1.54) is 11.1 Å². The minimum Gasteiger partial charge on any atom is -0.340 e. The fraction of sp³-hybridized carbons (Fsp3) is 0.200. The SMILES string of the molecule is Cc1cc2[nH]c(Cc3ccccc3)nc2nc1C. The highest BCUT2D eigenvalue weighted by Crippen LogP contribution is 2.15. The molecule has 3 heteroatoms. The number of imidazole rings is 1. The largest absolute Gasteiger partial charge is 0.340 e. The highest BCUT2D eigenvalue weighted by Gasteiger charge is 2.06. The standard InChI is InChI=1S/C15H15N3/c1-10-8-13-15(16-11(10)2)18-14(17-13)9-12-6-4-3-5-7-12/h3-8H,9H2,1-2H3,(H,16,17,18). The first-order valence-electron chi connectivity index (χ1n) is 6.09. The Balaban J connectivity index is 1.99. The van der Waals surface area contributed by atoms with E-state index in [0.29, 0.717) is 0 Å². The van der Waals surface area contributed by atoms with Gasteiger partial charge in [0.2, 0.25) is 0 Å². The topological polar surface area (TPSA) is 41.6 Å². The van der Waals surface area contributed by atoms with Crippen LogP contribution in [0.1, 0.15) is 22.6 Å². The minimum absolute atomic E-state index is 0.809. The molecule has 3 aromatic rings. The van der Waals surface area contributed by atoms with Crippen LogP contribution in [0.3, 0.4) is 0 Å². The van der Waals surface area contributed by atoms with E-state index in [0.717, 1.165) is 29.1 Å². The van der Waals surface area contributed by atoms with Gasteiger partial charge in [0.1, 0.15) is 5.82 Å². The normalized spacial score (nSPS) is 11.0. The fourth-order valence-electron chi connectivity index (χ4n) is 2.05. The molecule has 0 saturated carbocycles. The van der Waals surface area contributed by atoms with E-state index in [1.54, 1.807) is 0 Å². The Bertz CT molecular complexity index is 645. The summed E-state index contributed by atoms with van der Waals surface area (Å²) in [5.74, 6) is 0.966. The Morgan fingerprint density at radius 3 is 2.61 bits per heavy atom. The van der Waals surface area contributed by atoms with Crippen LogP contribution in [-0.4, -0.2) is 15.0 Å². The molecule has 3 rings (SSSR count). The molecule has 0 unspecified atom stereocenters. The van der Waals surface area contributed by atoms with Crippen molar-refractivity contribution in [3.63, 3.8) is 0 Å². The van der Waals surface area contributed by atoms with Crippen molar-refractivity contribution < 1.29 is 0 Å². The van der Waals surface area contributed by atoms with Gasteiger partial charge in [-0.05, 0) is 31.0 Å². The highest BCUT2D eigenvalue weighted by atomic mass is 15.0. The molecule has 1 N–H and O–H groups in total. The summed E-state index contributed by atoms with van der Waals surface area (Å²) in [6.45, 7) is 4.08. The Hall–Kier alpha value is -2.16. The van der Waals surface area contributed by atoms with Crippen LogP contribution < -0.4 is 0 Å². The highest BCUT2D eigenvalue weighted by molar-refractivity contribution is 5.71. The molecule has 3 nitrogen and oxygen atoms in total. The lowest BCUT2D eigenvalue weighted by atomic mass is 10.1. The fourth-order valence-corrected chi connectivity index (χ4v) is 2.05. The lowest BCUT2D eigenvalue weighted by molar-refractivity contribution is 1.03. The zero-order chi connectivity index (χ0) is 12.5. The molecule has 0 amide bonds. The van der Waals surface area contributed by atoms with E-state index >= 15 is 0 Å². The Kier molecular flexibility index (Phi) is 2.59. The van der Waals surface area contributed by atoms with Crippen molar-refractivity contribution in [2.24, 2.45) is 0 Å². The number of H-pyrrole nitrogens is 1. The van der Waals surface area contributed by atoms with Gasteiger partial charge in [0.15, 0.2) is 5.65 Å². The van der Waals surface area contributed by atoms with Gasteiger partial charge in [-0.15, -0.1) is 0 Å². The van der Waals surface area contributed by atoms with Gasteiger partial charge in [0.25, 0.3) is 0 Å². The molecule has 0 fully saturated rings. The molecule has 18 heavy (non-hydrogen) atoms. The summed E-state index contributed by atoms with van der Waals surface area (Å²) in [7, 11) is 0. The minimum atomic E-state index is 0.809. The average molecular weight is 237 g/mol. The molecule has 0 aliphatic heterocycles. The molecule has 2 aromatic heterocycles. The van der Waals surface area contributed by atoms with Crippen molar-refractivity contribution in [3.05, 3.63) is 59.0 Å². The first-order valence-corrected chi connectivity index (χ1v) is 6.09. The molecule has 0 aliphatic rings. The number of fused-ring (bicyclic) bond motifs is 1. The molecular formula is C15H15N3. The van der Waals surface area contributed by atoms with Crippen molar-refractivity contribution in [2.45, 2.75) is 20.3 Å². The molecule has 0 aliphatic carbocycles. The van der Waals surface area contributed by atoms with E-state index < -0.39 is 0 Å². The van der Waals surface area contributed by atoms with E-state index in [4.69, 9.17) is 0 Å². The van der Waals surface area contributed by atoms with Crippen molar-refractivity contribution in [1.29, 1.82) is 0 Å². The van der Waals surface area contributed by atoms with Crippen LogP contribution in [0, 0.1) is 13.8 Å². The summed E-state index contributed by atoms with van der Waals surface area (Å²) in [6.07, 6.45) is 0.815. The Labute approximate surface area is 106 Å². The maximum Gasteiger partial charge on any atom is 0.177 e. The third-order valence-electron chi connectivity index (χ3n) is 3.18. The van der Waals surface area contributed by atoms with Crippen LogP contribution in [0.2, 0.25) is 0 Å². The third-order valence-corrected chi connectivity index (χ3v) is 3.18. The van der Waals surface area contributed by atoms with Gasteiger partial charge in [-0.25, -0.2) is 9.97 Å². The Morgan fingerprint density at radius 1 is 1.06 bits per heavy atom. The van der Waals surface area contributed by atoms with Crippen molar-refractivity contribution in [3.8, 4) is 0 Å². The molecule has 2 heterocycles. The van der Waals surface area contributed by atoms with E-state index in [2.05, 4.69) is 40.1 Å². The molecule has 90 valence electrons. The lowest BCUT2D eigenvalue weighted by Gasteiger charge is -1.96. The second-order valence-electron chi connectivity index (χ2n) is 4.61. The van der Waals surface area contributed by atoms with Gasteiger partial charge in [-0.1, -0.05) is 30.3 Å². The second-order valence-corrected chi connectivity index (χ2v) is 4.61. The molecule has 0 bridgehead atoms. The zero-order valence-electron chi connectivity index (χ0n) is 10.6. The predicted molar refractivity (Wildman–Crippen MR) is 72.6 cm³/mol. The molecule has 0 atom stereocenters. The van der Waals surface area contributed by atoms with Crippen molar-refractivity contribution in [1.82, 2.24) is 15.0 Å². The summed E-state index contributed by atoms with van der Waals surface area (Å²) in [5.41, 5.74) is 5.32. The molecular weight excluding hydrogens is 222 g/mol. The van der Waals surface area contributed by atoms with Gasteiger partial charge in [0.05, 0.1) is 5.52 Å². The maximum absolute atomic E-state index is 4.54. The van der Waals surface area contributed by atoms with Crippen LogP contribution in [0.5, 0.6) is 0 Å². The number of nitrogens with zero attached hydrogens (tertiary/aromatic N) is 2. The number of aromatic nitrogens is 3. The Morgan fingerprint density at radius 2 is 1.83 bits per heavy atom. The second kappa shape index (κ2) is 4.26. The number of hydrogen-bond donors (Lipinski definition) is 1. The first-order chi connectivity index (χ1) is 8.72. The summed E-state index contributed by atoms with van der Waals surface area (Å²) in [5, 5.41) is 0. The van der Waals surface area contributed by atoms with Crippen LogP contribution >= 0.6 is 0 Å². The van der Waals surface area contributed by atoms with Crippen LogP contribution in [-0.2, 0) is 6.42 Å². The molecule has 0 saturated heterocycles. The summed E-state index contributed by atoms with van der Waals surface area (Å²) in [4.78, 5) is 12.4. The van der Waals surface area contributed by atoms with Crippen LogP contribution in [0.25, 0.3) is 11.2 Å². The lowest BCUT2D eigenvalue weighted by Crippen LogP contribution is -1.89. The predicted octanol–water partition coefficient (Wildman–Crippen LogP) is 3.17. The van der Waals surface area contributed by atoms with Crippen molar-refractivity contribution in [2.75, 3.05) is 0 Å². The van der Waals surface area contributed by atoms with Gasteiger partial charge in [0, 0.05) is 12.1 Å². The number of hydrogen-bond acceptors (Lipinski definition) is 2. The number of nitrogens with one attached hydrogen (secondary N) is 1. The van der Waals surface area contributed by atoms with E-state index in [1.807, 2.05) is 25.1 Å². The van der Waals surface area contributed by atoms with Gasteiger partial charge >= 0.3 is 0 Å². The number of rotatable bonds is 2. The first kappa shape index (κ1) is 11.0. The van der Waals surface area contributed by atoms with E-state index in [-0.39, 0.29) is 0 Å². The molecule has 1 aromatic carbocycles. The number of aromatic amines is 1. The monoisotopic (exact) mass is 237 g/mol. The quantitative estimate of drug-likeness (QED) is 0.743. The average Bonchev–Trinajstić information content (AvgIpc) is 2.72. The summed E-state index contributed by atoms with van der Waals surface area (Å²) < 4.78 is 0. The van der Waals surface area contributed by atoms with Gasteiger partial charge in [-0.2, -0.15) is 0 Å². The number of aryl methyl sites for hydroxylation is 2. The van der Waals surface area contributed by atoms with Crippen molar-refractivity contribution >= 4 is 11.2 Å². The van der Waals surface area contributed by atoms with Crippen LogP contribution in [0.15, 0.2) is 36.4 Å². The summed E-state index contributed by atoms with van der Waals surface area (Å²) in [6, 6.07) is 12.4. The smallest absolute Gasteiger partial charge is 0.177 e. The van der Waals surface area contributed by atoms with E-state index in [9.17, 15) is 0 Å². The summed E-state index contributed by atoms with van der Waals surface area (Å²) >= 11 is 0. The molecule has 0 radical (unpaired) electrons. The number of benzene rings is 1. The zero-order valence-corrected chi connectivity index (χ0v) is 10.6. The molecule has 0 spiro atoms. The number of pyridine rings is 1.